The molecule has 0 saturated carbocycles. The molecule has 0 aliphatic heterocycles. The van der Waals surface area contributed by atoms with Crippen molar-refractivity contribution in [1.82, 2.24) is 0 Å². The van der Waals surface area contributed by atoms with Crippen LogP contribution in [0.4, 0.5) is 0 Å². The lowest BCUT2D eigenvalue weighted by molar-refractivity contribution is 0.284. The maximum atomic E-state index is 5.78. The zero-order valence-electron chi connectivity index (χ0n) is 12.0. The molecule has 5 heteroatoms. The van der Waals surface area contributed by atoms with Gasteiger partial charge in [0.2, 0.25) is 0 Å². The molecule has 0 radical (unpaired) electrons. The third-order valence-corrected chi connectivity index (χ3v) is 3.21. The largest absolute Gasteiger partial charge is 0.497 e. The lowest BCUT2D eigenvalue weighted by atomic mass is 10.2. The van der Waals surface area contributed by atoms with E-state index in [0.717, 1.165) is 16.9 Å². The molecule has 4 nitrogen and oxygen atoms in total. The van der Waals surface area contributed by atoms with Gasteiger partial charge in [0.1, 0.15) is 17.3 Å². The van der Waals surface area contributed by atoms with Crippen molar-refractivity contribution in [1.29, 1.82) is 0 Å². The number of nitrogens with two attached hydrogens (primary N) is 1. The molecule has 0 unspecified atom stereocenters. The Balaban J connectivity index is 2.13. The minimum Gasteiger partial charge on any atom is -0.497 e. The normalized spacial score (nSPS) is 10.0. The van der Waals surface area contributed by atoms with Crippen molar-refractivity contribution < 1.29 is 14.2 Å². The van der Waals surface area contributed by atoms with Crippen molar-refractivity contribution in [2.24, 2.45) is 5.73 Å². The number of hydrogen-bond acceptors (Lipinski definition) is 4. The van der Waals surface area contributed by atoms with E-state index in [2.05, 4.69) is 0 Å². The highest BCUT2D eigenvalue weighted by Crippen LogP contribution is 2.29. The standard InChI is InChI=1S/C16H17NO3S/c1-18-13-5-3-4-11(8-13)10-20-14-7-6-12(16(17)21)9-15(14)19-2/h3-9H,10H2,1-2H3,(H2,17,21). The molecule has 0 aliphatic carbocycles. The van der Waals surface area contributed by atoms with Gasteiger partial charge in [0.05, 0.1) is 14.2 Å². The highest BCUT2D eigenvalue weighted by Gasteiger charge is 2.07. The Morgan fingerprint density at radius 1 is 1.05 bits per heavy atom. The van der Waals surface area contributed by atoms with Gasteiger partial charge in [0.15, 0.2) is 11.5 Å². The molecule has 21 heavy (non-hydrogen) atoms. The van der Waals surface area contributed by atoms with Gasteiger partial charge in [-0.2, -0.15) is 0 Å². The predicted molar refractivity (Wildman–Crippen MR) is 86.2 cm³/mol. The van der Waals surface area contributed by atoms with Crippen LogP contribution in [0.2, 0.25) is 0 Å². The highest BCUT2D eigenvalue weighted by molar-refractivity contribution is 7.80. The van der Waals surface area contributed by atoms with Gasteiger partial charge in [-0.15, -0.1) is 0 Å². The Morgan fingerprint density at radius 3 is 2.52 bits per heavy atom. The highest BCUT2D eigenvalue weighted by atomic mass is 32.1. The average molecular weight is 303 g/mol. The van der Waals surface area contributed by atoms with E-state index in [1.165, 1.54) is 0 Å². The van der Waals surface area contributed by atoms with Crippen molar-refractivity contribution in [3.63, 3.8) is 0 Å². The Labute approximate surface area is 129 Å². The van der Waals surface area contributed by atoms with Crippen LogP contribution in [0.15, 0.2) is 42.5 Å². The first-order valence-electron chi connectivity index (χ1n) is 6.37. The van der Waals surface area contributed by atoms with Crippen LogP contribution in [0.5, 0.6) is 17.2 Å². The molecule has 110 valence electrons. The molecule has 2 aromatic carbocycles. The van der Waals surface area contributed by atoms with Crippen LogP contribution in [0.25, 0.3) is 0 Å². The van der Waals surface area contributed by atoms with Gasteiger partial charge in [-0.3, -0.25) is 0 Å². The van der Waals surface area contributed by atoms with Crippen molar-refractivity contribution >= 4 is 17.2 Å². The van der Waals surface area contributed by atoms with Crippen molar-refractivity contribution in [2.75, 3.05) is 14.2 Å². The van der Waals surface area contributed by atoms with Crippen LogP contribution in [-0.2, 0) is 6.61 Å². The Kier molecular flexibility index (Phi) is 5.00. The molecule has 2 N–H and O–H groups in total. The van der Waals surface area contributed by atoms with E-state index in [1.807, 2.05) is 30.3 Å². The third kappa shape index (κ3) is 3.86. The second-order valence-corrected chi connectivity index (χ2v) is 4.81. The fraction of sp³-hybridized carbons (Fsp3) is 0.188. The summed E-state index contributed by atoms with van der Waals surface area (Å²) >= 11 is 4.95. The van der Waals surface area contributed by atoms with Gasteiger partial charge in [-0.25, -0.2) is 0 Å². The summed E-state index contributed by atoms with van der Waals surface area (Å²) in [6.45, 7) is 0.417. The van der Waals surface area contributed by atoms with Crippen molar-refractivity contribution in [3.8, 4) is 17.2 Å². The lowest BCUT2D eigenvalue weighted by Gasteiger charge is -2.12. The molecule has 0 saturated heterocycles. The fourth-order valence-corrected chi connectivity index (χ4v) is 1.99. The van der Waals surface area contributed by atoms with Crippen LogP contribution in [0, 0.1) is 0 Å². The third-order valence-electron chi connectivity index (χ3n) is 2.98. The summed E-state index contributed by atoms with van der Waals surface area (Å²) in [6.07, 6.45) is 0. The van der Waals surface area contributed by atoms with Gasteiger partial charge < -0.3 is 19.9 Å². The molecule has 0 bridgehead atoms. The van der Waals surface area contributed by atoms with Crippen molar-refractivity contribution in [2.45, 2.75) is 6.61 Å². The fourth-order valence-electron chi connectivity index (χ4n) is 1.86. The van der Waals surface area contributed by atoms with E-state index < -0.39 is 0 Å². The van der Waals surface area contributed by atoms with Crippen molar-refractivity contribution in [3.05, 3.63) is 53.6 Å². The molecule has 0 aromatic heterocycles. The number of hydrogen-bond donors (Lipinski definition) is 1. The van der Waals surface area contributed by atoms with Gasteiger partial charge in [-0.05, 0) is 35.9 Å². The Hall–Kier alpha value is -2.27. The van der Waals surface area contributed by atoms with Crippen LogP contribution < -0.4 is 19.9 Å². The summed E-state index contributed by atoms with van der Waals surface area (Å²) in [7, 11) is 3.22. The second-order valence-electron chi connectivity index (χ2n) is 4.37. The first-order chi connectivity index (χ1) is 10.1. The van der Waals surface area contributed by atoms with E-state index in [-0.39, 0.29) is 0 Å². The maximum Gasteiger partial charge on any atom is 0.161 e. The van der Waals surface area contributed by atoms with Gasteiger partial charge >= 0.3 is 0 Å². The molecule has 2 aromatic rings. The van der Waals surface area contributed by atoms with Crippen LogP contribution >= 0.6 is 12.2 Å². The predicted octanol–water partition coefficient (Wildman–Crippen LogP) is 2.92. The molecule has 2 rings (SSSR count). The maximum absolute atomic E-state index is 5.78. The molecular formula is C16H17NO3S. The molecule has 0 atom stereocenters. The quantitative estimate of drug-likeness (QED) is 0.832. The van der Waals surface area contributed by atoms with E-state index in [0.29, 0.717) is 23.1 Å². The smallest absolute Gasteiger partial charge is 0.161 e. The van der Waals surface area contributed by atoms with E-state index >= 15 is 0 Å². The van der Waals surface area contributed by atoms with Gasteiger partial charge in [-0.1, -0.05) is 24.4 Å². The molecule has 0 amide bonds. The number of rotatable bonds is 6. The Morgan fingerprint density at radius 2 is 1.86 bits per heavy atom. The van der Waals surface area contributed by atoms with E-state index in [4.69, 9.17) is 32.2 Å². The van der Waals surface area contributed by atoms with Crippen LogP contribution in [0.3, 0.4) is 0 Å². The number of ether oxygens (including phenoxy) is 3. The SMILES string of the molecule is COc1cccc(COc2ccc(C(N)=S)cc2OC)c1. The van der Waals surface area contributed by atoms with Crippen LogP contribution in [-0.4, -0.2) is 19.2 Å². The second kappa shape index (κ2) is 6.95. The molecule has 0 aliphatic rings. The van der Waals surface area contributed by atoms with E-state index in [1.54, 1.807) is 26.4 Å². The first kappa shape index (κ1) is 15.1. The molecule has 0 fully saturated rings. The molecule has 0 spiro atoms. The summed E-state index contributed by atoms with van der Waals surface area (Å²) in [5.74, 6) is 2.04. The van der Waals surface area contributed by atoms with Gasteiger partial charge in [0, 0.05) is 5.56 Å². The topological polar surface area (TPSA) is 53.7 Å². The number of benzene rings is 2. The Bertz CT molecular complexity index is 643. The minimum atomic E-state index is 0.327. The summed E-state index contributed by atoms with van der Waals surface area (Å²) in [5, 5.41) is 0. The molecular weight excluding hydrogens is 286 g/mol. The summed E-state index contributed by atoms with van der Waals surface area (Å²) in [4.78, 5) is 0.327. The lowest BCUT2D eigenvalue weighted by Crippen LogP contribution is -2.09. The summed E-state index contributed by atoms with van der Waals surface area (Å²) in [6, 6.07) is 13.1. The van der Waals surface area contributed by atoms with Crippen LogP contribution in [0.1, 0.15) is 11.1 Å². The number of thiocarbonyl (C=S) groups is 1. The number of methoxy groups -OCH3 is 2. The minimum absolute atomic E-state index is 0.327. The zero-order chi connectivity index (χ0) is 15.2. The summed E-state index contributed by atoms with van der Waals surface area (Å²) in [5.41, 5.74) is 7.36. The van der Waals surface area contributed by atoms with Gasteiger partial charge in [0.25, 0.3) is 0 Å². The molecule has 0 heterocycles. The first-order valence-corrected chi connectivity index (χ1v) is 6.78. The summed E-state index contributed by atoms with van der Waals surface area (Å²) < 4.78 is 16.3. The monoisotopic (exact) mass is 303 g/mol. The zero-order valence-corrected chi connectivity index (χ0v) is 12.8. The average Bonchev–Trinajstić information content (AvgIpc) is 2.52. The van der Waals surface area contributed by atoms with E-state index in [9.17, 15) is 0 Å².